The number of hydrogen-bond acceptors (Lipinski definition) is 13. The van der Waals surface area contributed by atoms with Crippen molar-refractivity contribution in [2.24, 2.45) is 15.7 Å². The first-order chi connectivity index (χ1) is 17.3. The molecule has 194 valence electrons. The van der Waals surface area contributed by atoms with Gasteiger partial charge in [0.25, 0.3) is 0 Å². The molecule has 0 radical (unpaired) electrons. The molecule has 3 aliphatic heterocycles. The molecular formula is C17H26N10O5P4. The van der Waals surface area contributed by atoms with E-state index in [0.717, 1.165) is 0 Å². The molecule has 36 heavy (non-hydrogen) atoms. The summed E-state index contributed by atoms with van der Waals surface area (Å²) in [7, 11) is 4.46. The number of nitrogens with two attached hydrogens (primary N) is 2. The van der Waals surface area contributed by atoms with Crippen LogP contribution in [0.2, 0.25) is 0 Å². The molecule has 3 aliphatic rings. The Morgan fingerprint density at radius 3 is 2.89 bits per heavy atom. The summed E-state index contributed by atoms with van der Waals surface area (Å²) in [4.78, 5) is 34.4. The van der Waals surface area contributed by atoms with Crippen molar-refractivity contribution in [1.29, 1.82) is 0 Å². The molecule has 1 fully saturated rings. The zero-order chi connectivity index (χ0) is 25.6. The van der Waals surface area contributed by atoms with Gasteiger partial charge >= 0.3 is 5.56 Å². The summed E-state index contributed by atoms with van der Waals surface area (Å²) in [6, 6.07) is 0. The van der Waals surface area contributed by atoms with E-state index in [4.69, 9.17) is 16.2 Å². The largest absolute Gasteiger partial charge is 0.394 e. The lowest BCUT2D eigenvalue weighted by Gasteiger charge is -2.37. The highest BCUT2D eigenvalue weighted by atomic mass is 32.6. The first-order valence-electron chi connectivity index (χ1n) is 10.8. The molecule has 9 N–H and O–H groups in total. The lowest BCUT2D eigenvalue weighted by Crippen LogP contribution is -2.46. The van der Waals surface area contributed by atoms with Crippen molar-refractivity contribution in [1.82, 2.24) is 24.4 Å². The van der Waals surface area contributed by atoms with Crippen molar-refractivity contribution in [2.45, 2.75) is 36.5 Å². The molecule has 15 nitrogen and oxygen atoms in total. The van der Waals surface area contributed by atoms with Crippen molar-refractivity contribution in [2.75, 3.05) is 24.2 Å². The summed E-state index contributed by atoms with van der Waals surface area (Å²) in [5.74, 6) is 0.567. The number of aromatic nitrogens is 4. The third kappa shape index (κ3) is 4.58. The van der Waals surface area contributed by atoms with Crippen LogP contribution in [0, 0.1) is 0 Å². The Kier molecular flexibility index (Phi) is 7.66. The van der Waals surface area contributed by atoms with E-state index >= 15 is 0 Å². The fourth-order valence-electron chi connectivity index (χ4n) is 4.24. The van der Waals surface area contributed by atoms with Crippen LogP contribution in [0.4, 0.5) is 23.3 Å². The number of aliphatic imine (C=N–C) groups is 2. The molecule has 0 aromatic carbocycles. The Labute approximate surface area is 211 Å². The second kappa shape index (κ2) is 10.6. The Bertz CT molecular complexity index is 1260. The number of ether oxygens (including phenoxy) is 1. The molecule has 19 heteroatoms. The molecule has 0 amide bonds. The first-order valence-corrected chi connectivity index (χ1v) is 17.7. The predicted octanol–water partition coefficient (Wildman–Crippen LogP) is -0.727. The van der Waals surface area contributed by atoms with Crippen LogP contribution in [0.3, 0.4) is 0 Å². The van der Waals surface area contributed by atoms with Gasteiger partial charge in [0.05, 0.1) is 37.3 Å². The molecule has 1 saturated heterocycles. The number of nitrogen functional groups attached to an aromatic ring is 1. The third-order valence-corrected chi connectivity index (χ3v) is 15.4. The second-order valence-corrected chi connectivity index (χ2v) is 16.9. The van der Waals surface area contributed by atoms with E-state index < -0.39 is 42.9 Å². The van der Waals surface area contributed by atoms with Crippen LogP contribution in [-0.4, -0.2) is 89.0 Å². The van der Waals surface area contributed by atoms with Crippen LogP contribution in [0.15, 0.2) is 21.1 Å². The van der Waals surface area contributed by atoms with Crippen molar-refractivity contribution >= 4 is 68.4 Å². The van der Waals surface area contributed by atoms with E-state index in [9.17, 15) is 20.1 Å². The predicted molar refractivity (Wildman–Crippen MR) is 145 cm³/mol. The minimum absolute atomic E-state index is 0.0107. The van der Waals surface area contributed by atoms with Crippen LogP contribution >= 0.6 is 33.1 Å². The van der Waals surface area contributed by atoms with Crippen LogP contribution < -0.4 is 22.3 Å². The van der Waals surface area contributed by atoms with Crippen LogP contribution in [0.25, 0.3) is 0 Å². The number of fused-ring (bicyclic) bond motifs is 2. The molecule has 0 aliphatic carbocycles. The SMILES string of the molecule is Nc1nc(=O)c2c([nH]1)NCC(C(PPPP)N1C=Nc3c(ncn3[C@@H]3O[C@H](CO)C(O)C3O)C1N)=N2. The number of rotatable bonds is 7. The summed E-state index contributed by atoms with van der Waals surface area (Å²) in [5.41, 5.74) is 13.1. The van der Waals surface area contributed by atoms with E-state index in [0.29, 0.717) is 53.8 Å². The molecule has 5 rings (SSSR count). The molecule has 0 spiro atoms. The van der Waals surface area contributed by atoms with Gasteiger partial charge in [0.1, 0.15) is 36.0 Å². The van der Waals surface area contributed by atoms with Gasteiger partial charge in [-0.2, -0.15) is 4.98 Å². The lowest BCUT2D eigenvalue weighted by molar-refractivity contribution is -0.0520. The second-order valence-electron chi connectivity index (χ2n) is 8.15. The summed E-state index contributed by atoms with van der Waals surface area (Å²) < 4.78 is 7.13. The Morgan fingerprint density at radius 2 is 2.17 bits per heavy atom. The number of nitrogens with zero attached hydrogens (tertiary/aromatic N) is 6. The molecule has 2 aromatic heterocycles. The minimum Gasteiger partial charge on any atom is -0.394 e. The van der Waals surface area contributed by atoms with E-state index in [1.807, 2.05) is 4.90 Å². The molecule has 2 aromatic rings. The van der Waals surface area contributed by atoms with Gasteiger partial charge in [0.2, 0.25) is 5.95 Å². The van der Waals surface area contributed by atoms with Gasteiger partial charge in [-0.1, -0.05) is 24.2 Å². The number of hydrogen-bond donors (Lipinski definition) is 7. The summed E-state index contributed by atoms with van der Waals surface area (Å²) in [6.07, 6.45) is -2.07. The number of aliphatic hydroxyl groups excluding tert-OH is 3. The zero-order valence-electron chi connectivity index (χ0n) is 18.6. The molecule has 5 heterocycles. The van der Waals surface area contributed by atoms with Gasteiger partial charge in [-0.05, 0) is 0 Å². The van der Waals surface area contributed by atoms with Gasteiger partial charge in [-0.3, -0.25) is 9.36 Å². The van der Waals surface area contributed by atoms with Crippen LogP contribution in [0.1, 0.15) is 18.1 Å². The lowest BCUT2D eigenvalue weighted by atomic mass is 10.1. The number of nitrogens with one attached hydrogen (secondary N) is 2. The van der Waals surface area contributed by atoms with Crippen LogP contribution in [-0.2, 0) is 4.74 Å². The van der Waals surface area contributed by atoms with E-state index in [-0.39, 0.29) is 17.4 Å². The highest BCUT2D eigenvalue weighted by Gasteiger charge is 2.45. The van der Waals surface area contributed by atoms with E-state index in [1.165, 1.54) is 10.9 Å². The first kappa shape index (κ1) is 26.0. The van der Waals surface area contributed by atoms with Crippen LogP contribution in [0.5, 0.6) is 0 Å². The zero-order valence-corrected chi connectivity index (χ0v) is 22.8. The Morgan fingerprint density at radius 1 is 1.36 bits per heavy atom. The third-order valence-electron chi connectivity index (χ3n) is 6.01. The number of aliphatic hydroxyl groups is 3. The maximum absolute atomic E-state index is 12.4. The summed E-state index contributed by atoms with van der Waals surface area (Å²) in [6.45, 7) is -0.0679. The van der Waals surface area contributed by atoms with Crippen molar-refractivity contribution in [3.05, 3.63) is 22.4 Å². The van der Waals surface area contributed by atoms with Gasteiger partial charge in [-0.15, -0.1) is 8.93 Å². The number of H-pyrrole nitrogens is 1. The Balaban J connectivity index is 1.46. The fraction of sp³-hybridized carbons (Fsp3) is 0.471. The molecule has 0 saturated carbocycles. The highest BCUT2D eigenvalue weighted by Crippen LogP contribution is 2.60. The maximum Gasteiger partial charge on any atom is 0.302 e. The smallest absolute Gasteiger partial charge is 0.302 e. The van der Waals surface area contributed by atoms with Crippen molar-refractivity contribution in [3.63, 3.8) is 0 Å². The molecular weight excluding hydrogens is 548 g/mol. The number of imidazole rings is 1. The van der Waals surface area contributed by atoms with Gasteiger partial charge in [0.15, 0.2) is 17.7 Å². The monoisotopic (exact) mass is 574 g/mol. The molecule has 10 atom stereocenters. The average molecular weight is 574 g/mol. The fourth-order valence-corrected chi connectivity index (χ4v) is 11.0. The van der Waals surface area contributed by atoms with E-state index in [1.54, 1.807) is 6.34 Å². The average Bonchev–Trinajstić information content (AvgIpc) is 3.41. The highest BCUT2D eigenvalue weighted by molar-refractivity contribution is 8.57. The topological polar surface area (TPSA) is 226 Å². The van der Waals surface area contributed by atoms with Crippen molar-refractivity contribution in [3.8, 4) is 0 Å². The molecule has 0 bridgehead atoms. The van der Waals surface area contributed by atoms with Gasteiger partial charge in [0, 0.05) is 0 Å². The normalized spacial score (nSPS) is 28.9. The Hall–Kier alpha value is -1.65. The number of anilines is 2. The maximum atomic E-state index is 12.4. The van der Waals surface area contributed by atoms with E-state index in [2.05, 4.69) is 39.2 Å². The standard InChI is InChI=1S/C17H26N10O5P4/c18-11-7-13(27(3-21-7)15-10(30)9(29)6(2-28)32-15)22-4-26(11)16(34-36-35-33)5-1-20-12-8(23-5)14(31)25-17(19)24-12/h3-4,6,9-11,15-16,28-30,34-36H,1-2,18,33H2,(H4,19,20,24,25,31)/t6-,9?,10?,11?,15-,16?/m1/s1. The number of aromatic amines is 1. The quantitative estimate of drug-likeness (QED) is 0.204. The summed E-state index contributed by atoms with van der Waals surface area (Å²) in [5, 5.41) is 33.1. The van der Waals surface area contributed by atoms with Crippen molar-refractivity contribution < 1.29 is 20.1 Å². The molecule has 8 unspecified atom stereocenters. The minimum atomic E-state index is -1.27. The summed E-state index contributed by atoms with van der Waals surface area (Å²) >= 11 is 0. The van der Waals surface area contributed by atoms with Gasteiger partial charge < -0.3 is 46.7 Å². The van der Waals surface area contributed by atoms with Gasteiger partial charge in [-0.25, -0.2) is 15.0 Å².